The van der Waals surface area contributed by atoms with Gasteiger partial charge in [0.1, 0.15) is 0 Å². The summed E-state index contributed by atoms with van der Waals surface area (Å²) in [6.07, 6.45) is 10.0. The number of aliphatic imine (C=N–C) groups is 1. The molecular weight excluding hydrogens is 158 g/mol. The second-order valence-electron chi connectivity index (χ2n) is 2.94. The molecule has 0 fully saturated rings. The molecule has 1 heteroatoms. The first-order valence-electron chi connectivity index (χ1n) is 4.52. The summed E-state index contributed by atoms with van der Waals surface area (Å²) in [6, 6.07) is 0. The highest BCUT2D eigenvalue weighted by molar-refractivity contribution is 6.12. The predicted octanol–water partition coefficient (Wildman–Crippen LogP) is 3.08. The van der Waals surface area contributed by atoms with E-state index in [-0.39, 0.29) is 0 Å². The fraction of sp³-hybridized carbons (Fsp3) is 0.250. The second-order valence-corrected chi connectivity index (χ2v) is 2.94. The van der Waals surface area contributed by atoms with Gasteiger partial charge in [-0.05, 0) is 31.6 Å². The van der Waals surface area contributed by atoms with Crippen molar-refractivity contribution in [2.45, 2.75) is 13.8 Å². The number of allylic oxidation sites excluding steroid dienone is 7. The monoisotopic (exact) mass is 173 g/mol. The molecule has 0 unspecified atom stereocenters. The molecule has 68 valence electrons. The third-order valence-electron chi connectivity index (χ3n) is 1.81. The molecule has 0 radical (unpaired) electrons. The van der Waals surface area contributed by atoms with E-state index < -0.39 is 0 Å². The van der Waals surface area contributed by atoms with Crippen LogP contribution < -0.4 is 0 Å². The lowest BCUT2D eigenvalue weighted by Gasteiger charge is -2.08. The molecule has 0 N–H and O–H groups in total. The molecule has 0 amide bonds. The molecule has 0 heterocycles. The molecule has 0 saturated heterocycles. The fourth-order valence-corrected chi connectivity index (χ4v) is 1.25. The minimum absolute atomic E-state index is 0.820. The highest BCUT2D eigenvalue weighted by Crippen LogP contribution is 2.13. The van der Waals surface area contributed by atoms with Crippen molar-refractivity contribution >= 4 is 5.71 Å². The largest absolute Gasteiger partial charge is 0.285 e. The Labute approximate surface area is 79.9 Å². The molecular formula is C12H15N. The molecule has 0 aliphatic heterocycles. The van der Waals surface area contributed by atoms with Crippen molar-refractivity contribution in [1.29, 1.82) is 0 Å². The van der Waals surface area contributed by atoms with Gasteiger partial charge >= 0.3 is 0 Å². The normalized spacial score (nSPS) is 22.2. The van der Waals surface area contributed by atoms with Crippen LogP contribution in [0, 0.1) is 0 Å². The summed E-state index contributed by atoms with van der Waals surface area (Å²) >= 11 is 0. The van der Waals surface area contributed by atoms with Crippen molar-refractivity contribution in [2.24, 2.45) is 4.99 Å². The summed E-state index contributed by atoms with van der Waals surface area (Å²) in [5.41, 5.74) is 3.45. The molecule has 1 aliphatic rings. The Hall–Kier alpha value is -1.37. The number of hydrogen-bond acceptors (Lipinski definition) is 1. The van der Waals surface area contributed by atoms with Gasteiger partial charge in [0, 0.05) is 6.54 Å². The van der Waals surface area contributed by atoms with Crippen molar-refractivity contribution in [3.05, 3.63) is 48.1 Å². The van der Waals surface area contributed by atoms with Gasteiger partial charge in [0.2, 0.25) is 0 Å². The quantitative estimate of drug-likeness (QED) is 0.608. The Bertz CT molecular complexity index is 314. The number of hydrogen-bond donors (Lipinski definition) is 0. The van der Waals surface area contributed by atoms with Crippen LogP contribution in [0.4, 0.5) is 0 Å². The summed E-state index contributed by atoms with van der Waals surface area (Å²) in [5.74, 6) is 0. The highest BCUT2D eigenvalue weighted by atomic mass is 14.7. The molecule has 0 aromatic carbocycles. The van der Waals surface area contributed by atoms with E-state index in [4.69, 9.17) is 0 Å². The van der Waals surface area contributed by atoms with E-state index in [1.807, 2.05) is 19.1 Å². The van der Waals surface area contributed by atoms with Crippen LogP contribution in [0.3, 0.4) is 0 Å². The summed E-state index contributed by atoms with van der Waals surface area (Å²) in [4.78, 5) is 4.39. The smallest absolute Gasteiger partial charge is 0.0646 e. The molecule has 1 aliphatic carbocycles. The maximum absolute atomic E-state index is 4.39. The van der Waals surface area contributed by atoms with Gasteiger partial charge in [0.15, 0.2) is 0 Å². The lowest BCUT2D eigenvalue weighted by molar-refractivity contribution is 1.13. The average molecular weight is 173 g/mol. The maximum Gasteiger partial charge on any atom is 0.0646 e. The number of nitrogens with zero attached hydrogens (tertiary/aromatic N) is 1. The lowest BCUT2D eigenvalue weighted by atomic mass is 10.0. The first kappa shape index (κ1) is 9.72. The van der Waals surface area contributed by atoms with Gasteiger partial charge in [0.25, 0.3) is 0 Å². The Morgan fingerprint density at radius 2 is 2.23 bits per heavy atom. The SMILES string of the molecule is C=C/C=C1/C=C(C)C=C/C1=N/CC. The molecule has 13 heavy (non-hydrogen) atoms. The zero-order valence-electron chi connectivity index (χ0n) is 8.25. The van der Waals surface area contributed by atoms with Gasteiger partial charge in [-0.1, -0.05) is 30.4 Å². The van der Waals surface area contributed by atoms with Gasteiger partial charge in [-0.2, -0.15) is 0 Å². The first-order chi connectivity index (χ1) is 6.27. The highest BCUT2D eigenvalue weighted by Gasteiger charge is 2.04. The van der Waals surface area contributed by atoms with E-state index in [0.29, 0.717) is 0 Å². The minimum atomic E-state index is 0.820. The molecule has 1 nitrogen and oxygen atoms in total. The van der Waals surface area contributed by atoms with Crippen molar-refractivity contribution in [3.8, 4) is 0 Å². The van der Waals surface area contributed by atoms with E-state index in [1.165, 1.54) is 5.57 Å². The second kappa shape index (κ2) is 4.61. The Kier molecular flexibility index (Phi) is 3.44. The topological polar surface area (TPSA) is 12.4 Å². The van der Waals surface area contributed by atoms with Crippen LogP contribution in [0.25, 0.3) is 0 Å². The van der Waals surface area contributed by atoms with Crippen LogP contribution in [0.2, 0.25) is 0 Å². The van der Waals surface area contributed by atoms with Crippen molar-refractivity contribution in [1.82, 2.24) is 0 Å². The van der Waals surface area contributed by atoms with Crippen LogP contribution in [-0.2, 0) is 0 Å². The molecule has 0 saturated carbocycles. The van der Waals surface area contributed by atoms with Crippen LogP contribution in [-0.4, -0.2) is 12.3 Å². The third kappa shape index (κ3) is 2.55. The molecule has 0 aromatic rings. The Morgan fingerprint density at radius 1 is 1.46 bits per heavy atom. The Morgan fingerprint density at radius 3 is 2.85 bits per heavy atom. The summed E-state index contributed by atoms with van der Waals surface area (Å²) in [7, 11) is 0. The fourth-order valence-electron chi connectivity index (χ4n) is 1.25. The van der Waals surface area contributed by atoms with E-state index in [0.717, 1.165) is 17.8 Å². The molecule has 0 atom stereocenters. The third-order valence-corrected chi connectivity index (χ3v) is 1.81. The van der Waals surface area contributed by atoms with E-state index in [2.05, 4.69) is 30.6 Å². The minimum Gasteiger partial charge on any atom is -0.285 e. The summed E-state index contributed by atoms with van der Waals surface area (Å²) < 4.78 is 0. The van der Waals surface area contributed by atoms with E-state index in [1.54, 1.807) is 6.08 Å². The van der Waals surface area contributed by atoms with Crippen LogP contribution in [0.15, 0.2) is 53.1 Å². The zero-order chi connectivity index (χ0) is 9.68. The van der Waals surface area contributed by atoms with Crippen molar-refractivity contribution in [3.63, 3.8) is 0 Å². The van der Waals surface area contributed by atoms with Gasteiger partial charge in [-0.15, -0.1) is 0 Å². The van der Waals surface area contributed by atoms with E-state index >= 15 is 0 Å². The number of rotatable bonds is 2. The summed E-state index contributed by atoms with van der Waals surface area (Å²) in [5, 5.41) is 0. The van der Waals surface area contributed by atoms with Gasteiger partial charge < -0.3 is 0 Å². The van der Waals surface area contributed by atoms with Gasteiger partial charge in [-0.25, -0.2) is 0 Å². The van der Waals surface area contributed by atoms with Crippen molar-refractivity contribution in [2.75, 3.05) is 6.54 Å². The molecule has 0 spiro atoms. The predicted molar refractivity (Wildman–Crippen MR) is 59.2 cm³/mol. The Balaban J connectivity index is 3.01. The molecule has 0 bridgehead atoms. The van der Waals surface area contributed by atoms with Crippen LogP contribution >= 0.6 is 0 Å². The van der Waals surface area contributed by atoms with Gasteiger partial charge in [-0.3, -0.25) is 4.99 Å². The summed E-state index contributed by atoms with van der Waals surface area (Å²) in [6.45, 7) is 8.63. The zero-order valence-corrected chi connectivity index (χ0v) is 8.25. The standard InChI is InChI=1S/C12H15N/c1-4-6-11-9-10(3)7-8-12(11)13-5-2/h4,6-9H,1,5H2,2-3H3/b11-6-,13-12-. The van der Waals surface area contributed by atoms with Crippen molar-refractivity contribution < 1.29 is 0 Å². The average Bonchev–Trinajstić information content (AvgIpc) is 2.10. The maximum atomic E-state index is 4.39. The van der Waals surface area contributed by atoms with Crippen LogP contribution in [0.5, 0.6) is 0 Å². The molecule has 1 rings (SSSR count). The van der Waals surface area contributed by atoms with E-state index in [9.17, 15) is 0 Å². The van der Waals surface area contributed by atoms with Crippen LogP contribution in [0.1, 0.15) is 13.8 Å². The first-order valence-corrected chi connectivity index (χ1v) is 4.52. The van der Waals surface area contributed by atoms with Gasteiger partial charge in [0.05, 0.1) is 5.71 Å². The molecule has 0 aromatic heterocycles. The lowest BCUT2D eigenvalue weighted by Crippen LogP contribution is -2.02.